The summed E-state index contributed by atoms with van der Waals surface area (Å²) in [5.74, 6) is -1.19. The number of carbonyl (C=O) groups excluding carboxylic acids is 2. The molecule has 0 N–H and O–H groups in total. The molecule has 9 heteroatoms. The number of hydrogen-bond acceptors (Lipinski definition) is 4. The van der Waals surface area contributed by atoms with Gasteiger partial charge in [-0.2, -0.15) is 5.10 Å². The number of fused-ring (bicyclic) bond motifs is 5. The number of ether oxygens (including phenoxy) is 1. The molecule has 3 aliphatic heterocycles. The fraction of sp³-hybridized carbons (Fsp3) is 0.389. The van der Waals surface area contributed by atoms with Gasteiger partial charge in [0.05, 0.1) is 30.6 Å². The molecule has 3 saturated heterocycles. The number of nitrogens with zero attached hydrogens (tertiary/aromatic N) is 3. The molecular formula is C18H14Cl3N3O3. The molecule has 0 unspecified atom stereocenters. The van der Waals surface area contributed by atoms with Crippen molar-refractivity contribution in [3.05, 3.63) is 45.0 Å². The van der Waals surface area contributed by atoms with Crippen molar-refractivity contribution in [2.75, 3.05) is 4.90 Å². The van der Waals surface area contributed by atoms with Crippen LogP contribution >= 0.6 is 34.8 Å². The van der Waals surface area contributed by atoms with Crippen molar-refractivity contribution in [1.82, 2.24) is 9.78 Å². The standard InChI is InChI=1S/C18H14Cl3N3O3/c19-9-2-1-8(10(20)5-9)6-23-7-11(21)16(22-23)24-17(25)14-12-3-4-13(27-12)15(14)18(24)26/h1-2,5,7,12-15H,3-4,6H2/t12-,13+,14-,15-/m0/s1. The smallest absolute Gasteiger partial charge is 0.241 e. The largest absolute Gasteiger partial charge is 0.373 e. The second-order valence-electron chi connectivity index (χ2n) is 7.09. The number of amides is 2. The van der Waals surface area contributed by atoms with E-state index in [-0.39, 0.29) is 34.9 Å². The number of rotatable bonds is 3. The lowest BCUT2D eigenvalue weighted by atomic mass is 9.81. The molecule has 1 aromatic heterocycles. The Balaban J connectivity index is 1.45. The molecule has 2 bridgehead atoms. The Kier molecular flexibility index (Phi) is 4.02. The Hall–Kier alpha value is -1.60. The van der Waals surface area contributed by atoms with Gasteiger partial charge in [0.15, 0.2) is 5.82 Å². The number of imide groups is 1. The van der Waals surface area contributed by atoms with E-state index in [1.165, 1.54) is 0 Å². The number of benzene rings is 1. The normalized spacial score (nSPS) is 29.1. The lowest BCUT2D eigenvalue weighted by molar-refractivity contribution is -0.124. The Morgan fingerprint density at radius 2 is 1.70 bits per heavy atom. The molecule has 6 nitrogen and oxygen atoms in total. The van der Waals surface area contributed by atoms with Gasteiger partial charge in [-0.1, -0.05) is 40.9 Å². The summed E-state index contributed by atoms with van der Waals surface area (Å²) in [6, 6.07) is 5.18. The number of carbonyl (C=O) groups is 2. The van der Waals surface area contributed by atoms with Crippen molar-refractivity contribution >= 4 is 52.4 Å². The predicted octanol–water partition coefficient (Wildman–Crippen LogP) is 3.56. The van der Waals surface area contributed by atoms with Crippen molar-refractivity contribution in [3.63, 3.8) is 0 Å². The maximum absolute atomic E-state index is 12.9. The van der Waals surface area contributed by atoms with E-state index in [2.05, 4.69) is 5.10 Å². The molecule has 5 rings (SSSR count). The highest BCUT2D eigenvalue weighted by atomic mass is 35.5. The Labute approximate surface area is 169 Å². The summed E-state index contributed by atoms with van der Waals surface area (Å²) in [5, 5.41) is 5.68. The van der Waals surface area contributed by atoms with Gasteiger partial charge in [0, 0.05) is 16.2 Å². The predicted molar refractivity (Wildman–Crippen MR) is 100 cm³/mol. The zero-order chi connectivity index (χ0) is 18.9. The molecule has 140 valence electrons. The molecule has 2 aromatic rings. The van der Waals surface area contributed by atoms with Crippen molar-refractivity contribution in [2.45, 2.75) is 31.6 Å². The molecule has 1 aromatic carbocycles. The molecule has 0 spiro atoms. The Morgan fingerprint density at radius 1 is 1.04 bits per heavy atom. The van der Waals surface area contributed by atoms with Crippen LogP contribution in [0.2, 0.25) is 15.1 Å². The van der Waals surface area contributed by atoms with Gasteiger partial charge in [-0.15, -0.1) is 0 Å². The highest BCUT2D eigenvalue weighted by Crippen LogP contribution is 2.49. The molecule has 4 atom stereocenters. The third-order valence-electron chi connectivity index (χ3n) is 5.54. The number of aromatic nitrogens is 2. The molecule has 3 fully saturated rings. The Morgan fingerprint density at radius 3 is 2.33 bits per heavy atom. The van der Waals surface area contributed by atoms with Gasteiger partial charge >= 0.3 is 0 Å². The van der Waals surface area contributed by atoms with Crippen LogP contribution in [0.15, 0.2) is 24.4 Å². The summed E-state index contributed by atoms with van der Waals surface area (Å²) in [6.07, 6.45) is 2.87. The van der Waals surface area contributed by atoms with Gasteiger partial charge < -0.3 is 4.74 Å². The van der Waals surface area contributed by atoms with E-state index in [0.29, 0.717) is 16.6 Å². The zero-order valence-corrected chi connectivity index (χ0v) is 16.2. The monoisotopic (exact) mass is 425 g/mol. The van der Waals surface area contributed by atoms with Gasteiger partial charge in [0.2, 0.25) is 11.8 Å². The zero-order valence-electron chi connectivity index (χ0n) is 13.9. The quantitative estimate of drug-likeness (QED) is 0.704. The van der Waals surface area contributed by atoms with Crippen molar-refractivity contribution in [3.8, 4) is 0 Å². The van der Waals surface area contributed by atoms with Crippen LogP contribution in [0.4, 0.5) is 5.82 Å². The Bertz CT molecular complexity index is 948. The van der Waals surface area contributed by atoms with Crippen LogP contribution in [0.5, 0.6) is 0 Å². The van der Waals surface area contributed by atoms with Gasteiger partial charge in [0.25, 0.3) is 0 Å². The number of halogens is 3. The average molecular weight is 427 g/mol. The van der Waals surface area contributed by atoms with E-state index in [1.807, 2.05) is 0 Å². The topological polar surface area (TPSA) is 64.4 Å². The van der Waals surface area contributed by atoms with Crippen LogP contribution in [-0.2, 0) is 20.9 Å². The lowest BCUT2D eigenvalue weighted by Crippen LogP contribution is -2.34. The fourth-order valence-corrected chi connectivity index (χ4v) is 5.07. The third kappa shape index (κ3) is 2.62. The van der Waals surface area contributed by atoms with Crippen LogP contribution in [0.25, 0.3) is 0 Å². The average Bonchev–Trinajstić information content (AvgIpc) is 3.36. The first-order valence-corrected chi connectivity index (χ1v) is 9.77. The second kappa shape index (κ2) is 6.21. The van der Waals surface area contributed by atoms with Crippen molar-refractivity contribution < 1.29 is 14.3 Å². The van der Waals surface area contributed by atoms with E-state index >= 15 is 0 Å². The summed E-state index contributed by atoms with van der Waals surface area (Å²) in [4.78, 5) is 26.9. The maximum Gasteiger partial charge on any atom is 0.241 e. The minimum absolute atomic E-state index is 0.171. The van der Waals surface area contributed by atoms with E-state index in [4.69, 9.17) is 39.5 Å². The van der Waals surface area contributed by atoms with Gasteiger partial charge in [-0.25, -0.2) is 4.90 Å². The summed E-state index contributed by atoms with van der Waals surface area (Å²) >= 11 is 18.5. The van der Waals surface area contributed by atoms with Crippen LogP contribution in [0, 0.1) is 11.8 Å². The highest BCUT2D eigenvalue weighted by molar-refractivity contribution is 6.36. The lowest BCUT2D eigenvalue weighted by Gasteiger charge is -2.15. The molecular weight excluding hydrogens is 413 g/mol. The fourth-order valence-electron chi connectivity index (χ4n) is 4.36. The first kappa shape index (κ1) is 17.5. The van der Waals surface area contributed by atoms with Gasteiger partial charge in [0.1, 0.15) is 5.02 Å². The van der Waals surface area contributed by atoms with E-state index in [9.17, 15) is 9.59 Å². The number of hydrogen-bond donors (Lipinski definition) is 0. The van der Waals surface area contributed by atoms with Gasteiger partial charge in [-0.05, 0) is 30.5 Å². The second-order valence-corrected chi connectivity index (χ2v) is 8.34. The molecule has 27 heavy (non-hydrogen) atoms. The summed E-state index contributed by atoms with van der Waals surface area (Å²) in [5.41, 5.74) is 0.800. The minimum atomic E-state index is -0.414. The maximum atomic E-state index is 12.9. The molecule has 2 amide bonds. The van der Waals surface area contributed by atoms with Crippen LogP contribution in [0.3, 0.4) is 0 Å². The summed E-state index contributed by atoms with van der Waals surface area (Å²) in [6.45, 7) is 0.340. The van der Waals surface area contributed by atoms with Crippen molar-refractivity contribution in [2.24, 2.45) is 11.8 Å². The van der Waals surface area contributed by atoms with E-state index in [1.54, 1.807) is 29.1 Å². The SMILES string of the molecule is O=C1[C@@H]2[C@@H](C(=O)N1c1nn(Cc3ccc(Cl)cc3Cl)cc1Cl)[C@H]1CC[C@@H]2O1. The first-order valence-electron chi connectivity index (χ1n) is 8.64. The van der Waals surface area contributed by atoms with E-state index < -0.39 is 11.8 Å². The third-order valence-corrected chi connectivity index (χ3v) is 6.40. The van der Waals surface area contributed by atoms with Crippen molar-refractivity contribution in [1.29, 1.82) is 0 Å². The number of anilines is 1. The first-order chi connectivity index (χ1) is 12.9. The molecule has 0 saturated carbocycles. The van der Waals surface area contributed by atoms with Crippen LogP contribution in [0.1, 0.15) is 18.4 Å². The molecule has 4 heterocycles. The van der Waals surface area contributed by atoms with Gasteiger partial charge in [-0.3, -0.25) is 14.3 Å². The summed E-state index contributed by atoms with van der Waals surface area (Å²) < 4.78 is 7.31. The summed E-state index contributed by atoms with van der Waals surface area (Å²) in [7, 11) is 0. The van der Waals surface area contributed by atoms with Crippen LogP contribution < -0.4 is 4.90 Å². The highest BCUT2D eigenvalue weighted by Gasteiger charge is 2.63. The molecule has 0 radical (unpaired) electrons. The minimum Gasteiger partial charge on any atom is -0.373 e. The van der Waals surface area contributed by atoms with E-state index in [0.717, 1.165) is 23.3 Å². The molecule has 3 aliphatic rings. The van der Waals surface area contributed by atoms with Crippen LogP contribution in [-0.4, -0.2) is 33.8 Å². The molecule has 0 aliphatic carbocycles.